The Morgan fingerprint density at radius 3 is 3.00 bits per heavy atom. The van der Waals surface area contributed by atoms with Crippen molar-refractivity contribution >= 4 is 18.5 Å². The van der Waals surface area contributed by atoms with Crippen LogP contribution in [0.3, 0.4) is 0 Å². The molecule has 1 saturated heterocycles. The van der Waals surface area contributed by atoms with Gasteiger partial charge < -0.3 is 19.9 Å². The molecule has 1 unspecified atom stereocenters. The van der Waals surface area contributed by atoms with Gasteiger partial charge in [-0.15, -0.1) is 12.4 Å². The fourth-order valence-electron chi connectivity index (χ4n) is 2.31. The van der Waals surface area contributed by atoms with Gasteiger partial charge in [0.2, 0.25) is 0 Å². The highest BCUT2D eigenvalue weighted by atomic mass is 35.5. The second-order valence-corrected chi connectivity index (χ2v) is 4.44. The number of benzene rings is 1. The third-order valence-corrected chi connectivity index (χ3v) is 3.22. The highest BCUT2D eigenvalue weighted by molar-refractivity contribution is 5.85. The topological polar surface area (TPSA) is 50.7 Å². The molecule has 1 aromatic rings. The van der Waals surface area contributed by atoms with Crippen LogP contribution < -0.4 is 10.1 Å². The summed E-state index contributed by atoms with van der Waals surface area (Å²) in [6.07, 6.45) is 5.49. The molecule has 0 saturated carbocycles. The summed E-state index contributed by atoms with van der Waals surface area (Å²) >= 11 is 0. The van der Waals surface area contributed by atoms with Crippen molar-refractivity contribution in [2.45, 2.75) is 12.5 Å². The lowest BCUT2D eigenvalue weighted by Gasteiger charge is -2.24. The summed E-state index contributed by atoms with van der Waals surface area (Å²) in [5, 5.41) is 10.3. The first-order valence-corrected chi connectivity index (χ1v) is 6.62. The number of nitrogens with one attached hydrogen (secondary N) is 1. The molecular formula is C15H22ClNO3. The van der Waals surface area contributed by atoms with Gasteiger partial charge in [0.1, 0.15) is 18.5 Å². The van der Waals surface area contributed by atoms with E-state index in [1.54, 1.807) is 0 Å². The van der Waals surface area contributed by atoms with E-state index in [0.717, 1.165) is 39.0 Å². The SMILES string of the molecule is C1=Cc2cccc(OCC3CNCCO3)c2C1.CO.Cl. The van der Waals surface area contributed by atoms with Gasteiger partial charge >= 0.3 is 0 Å². The molecule has 2 aliphatic rings. The first-order chi connectivity index (χ1) is 9.43. The molecule has 0 amide bonds. The second kappa shape index (κ2) is 8.97. The molecule has 112 valence electrons. The van der Waals surface area contributed by atoms with Crippen molar-refractivity contribution in [3.8, 4) is 5.75 Å². The van der Waals surface area contributed by atoms with Crippen molar-refractivity contribution in [3.05, 3.63) is 35.4 Å². The number of ether oxygens (including phenoxy) is 2. The third kappa shape index (κ3) is 4.21. The number of rotatable bonds is 3. The van der Waals surface area contributed by atoms with Gasteiger partial charge in [-0.25, -0.2) is 0 Å². The van der Waals surface area contributed by atoms with Crippen LogP contribution >= 0.6 is 12.4 Å². The third-order valence-electron chi connectivity index (χ3n) is 3.22. The van der Waals surface area contributed by atoms with E-state index in [9.17, 15) is 0 Å². The Labute approximate surface area is 126 Å². The number of morpholine rings is 1. The molecule has 0 bridgehead atoms. The van der Waals surface area contributed by atoms with Gasteiger partial charge in [0.05, 0.1) is 6.61 Å². The fraction of sp³-hybridized carbons (Fsp3) is 0.467. The molecule has 0 spiro atoms. The van der Waals surface area contributed by atoms with Gasteiger partial charge in [-0.05, 0) is 18.1 Å². The first kappa shape index (κ1) is 17.0. The van der Waals surface area contributed by atoms with E-state index in [0.29, 0.717) is 6.61 Å². The van der Waals surface area contributed by atoms with Crippen molar-refractivity contribution in [2.24, 2.45) is 0 Å². The fourth-order valence-corrected chi connectivity index (χ4v) is 2.31. The molecule has 2 N–H and O–H groups in total. The van der Waals surface area contributed by atoms with Crippen molar-refractivity contribution in [1.29, 1.82) is 0 Å². The predicted molar refractivity (Wildman–Crippen MR) is 82.7 cm³/mol. The lowest BCUT2D eigenvalue weighted by atomic mass is 10.1. The smallest absolute Gasteiger partial charge is 0.123 e. The summed E-state index contributed by atoms with van der Waals surface area (Å²) in [7, 11) is 1.00. The van der Waals surface area contributed by atoms with Crippen LogP contribution in [0.4, 0.5) is 0 Å². The van der Waals surface area contributed by atoms with E-state index in [4.69, 9.17) is 14.6 Å². The van der Waals surface area contributed by atoms with E-state index in [1.807, 2.05) is 12.1 Å². The minimum atomic E-state index is 0. The summed E-state index contributed by atoms with van der Waals surface area (Å²) in [6.45, 7) is 3.24. The van der Waals surface area contributed by atoms with Gasteiger partial charge in [-0.3, -0.25) is 0 Å². The molecule has 0 aromatic heterocycles. The van der Waals surface area contributed by atoms with E-state index in [1.165, 1.54) is 11.1 Å². The molecule has 1 heterocycles. The average Bonchev–Trinajstić information content (AvgIpc) is 2.97. The Bertz CT molecular complexity index is 431. The molecule has 20 heavy (non-hydrogen) atoms. The van der Waals surface area contributed by atoms with Crippen LogP contribution in [0.1, 0.15) is 11.1 Å². The maximum absolute atomic E-state index is 7.00. The van der Waals surface area contributed by atoms with Crippen LogP contribution in [-0.4, -0.2) is 44.6 Å². The zero-order chi connectivity index (χ0) is 13.5. The van der Waals surface area contributed by atoms with Gasteiger partial charge in [0.15, 0.2) is 0 Å². The molecular weight excluding hydrogens is 278 g/mol. The lowest BCUT2D eigenvalue weighted by molar-refractivity contribution is 0.0000403. The summed E-state index contributed by atoms with van der Waals surface area (Å²) in [6, 6.07) is 6.22. The van der Waals surface area contributed by atoms with E-state index in [-0.39, 0.29) is 18.5 Å². The quantitative estimate of drug-likeness (QED) is 0.891. The maximum Gasteiger partial charge on any atom is 0.123 e. The van der Waals surface area contributed by atoms with Gasteiger partial charge in [0.25, 0.3) is 0 Å². The molecule has 1 aliphatic carbocycles. The Balaban J connectivity index is 0.000000639. The normalized spacial score (nSPS) is 19.4. The van der Waals surface area contributed by atoms with Crippen molar-refractivity contribution in [3.63, 3.8) is 0 Å². The Morgan fingerprint density at radius 2 is 2.25 bits per heavy atom. The number of hydrogen-bond donors (Lipinski definition) is 2. The predicted octanol–water partition coefficient (Wildman–Crippen LogP) is 1.65. The van der Waals surface area contributed by atoms with Crippen molar-refractivity contribution in [1.82, 2.24) is 5.32 Å². The standard InChI is InChI=1S/C14H17NO2.CH4O.ClH/c1-3-11-4-2-6-14(13(11)5-1)17-10-12-9-15-7-8-16-12;1-2;/h1-4,6,12,15H,5,7-10H2;2H,1H3;1H. The van der Waals surface area contributed by atoms with Crippen molar-refractivity contribution in [2.75, 3.05) is 33.4 Å². The largest absolute Gasteiger partial charge is 0.491 e. The minimum Gasteiger partial charge on any atom is -0.491 e. The maximum atomic E-state index is 7.00. The monoisotopic (exact) mass is 299 g/mol. The van der Waals surface area contributed by atoms with Crippen LogP contribution in [0.15, 0.2) is 24.3 Å². The molecule has 1 aromatic carbocycles. The van der Waals surface area contributed by atoms with Crippen LogP contribution in [0.2, 0.25) is 0 Å². The second-order valence-electron chi connectivity index (χ2n) is 4.44. The molecule has 1 aliphatic heterocycles. The summed E-state index contributed by atoms with van der Waals surface area (Å²) in [5.41, 5.74) is 2.58. The highest BCUT2D eigenvalue weighted by Crippen LogP contribution is 2.28. The Morgan fingerprint density at radius 1 is 1.40 bits per heavy atom. The highest BCUT2D eigenvalue weighted by Gasteiger charge is 2.16. The van der Waals surface area contributed by atoms with E-state index >= 15 is 0 Å². The first-order valence-electron chi connectivity index (χ1n) is 6.62. The van der Waals surface area contributed by atoms with Crippen molar-refractivity contribution < 1.29 is 14.6 Å². The summed E-state index contributed by atoms with van der Waals surface area (Å²) in [4.78, 5) is 0. The number of aliphatic hydroxyl groups excluding tert-OH is 1. The zero-order valence-corrected chi connectivity index (χ0v) is 12.5. The molecule has 4 nitrogen and oxygen atoms in total. The molecule has 1 fully saturated rings. The lowest BCUT2D eigenvalue weighted by Crippen LogP contribution is -2.41. The molecule has 3 rings (SSSR count). The molecule has 5 heteroatoms. The van der Waals surface area contributed by atoms with E-state index < -0.39 is 0 Å². The van der Waals surface area contributed by atoms with Gasteiger partial charge in [0, 0.05) is 25.8 Å². The Hall–Kier alpha value is -1.07. The number of fused-ring (bicyclic) bond motifs is 1. The van der Waals surface area contributed by atoms with E-state index in [2.05, 4.69) is 23.5 Å². The zero-order valence-electron chi connectivity index (χ0n) is 11.7. The molecule has 1 atom stereocenters. The van der Waals surface area contributed by atoms with Crippen LogP contribution in [0, 0.1) is 0 Å². The summed E-state index contributed by atoms with van der Waals surface area (Å²) < 4.78 is 11.5. The molecule has 0 radical (unpaired) electrons. The number of aliphatic hydroxyl groups is 1. The summed E-state index contributed by atoms with van der Waals surface area (Å²) in [5.74, 6) is 1.00. The minimum absolute atomic E-state index is 0. The number of allylic oxidation sites excluding steroid dienone is 1. The van der Waals surface area contributed by atoms with Gasteiger partial charge in [-0.2, -0.15) is 0 Å². The van der Waals surface area contributed by atoms with Crippen LogP contribution in [0.5, 0.6) is 5.75 Å². The number of halogens is 1. The van der Waals surface area contributed by atoms with Crippen LogP contribution in [-0.2, 0) is 11.2 Å². The van der Waals surface area contributed by atoms with Crippen LogP contribution in [0.25, 0.3) is 6.08 Å². The number of hydrogen-bond acceptors (Lipinski definition) is 4. The average molecular weight is 300 g/mol. The Kier molecular flexibility index (Phi) is 7.62. The van der Waals surface area contributed by atoms with Gasteiger partial charge in [-0.1, -0.05) is 24.3 Å².